The molecule has 1 heterocycles. The molecule has 5 heteroatoms. The Labute approximate surface area is 112 Å². The van der Waals surface area contributed by atoms with Crippen LogP contribution in [0.1, 0.15) is 11.1 Å². The van der Waals surface area contributed by atoms with Gasteiger partial charge < -0.3 is 4.74 Å². The van der Waals surface area contributed by atoms with Crippen molar-refractivity contribution in [3.63, 3.8) is 0 Å². The molecular weight excluding hydrogens is 304 g/mol. The Morgan fingerprint density at radius 1 is 1.11 bits per heavy atom. The lowest BCUT2D eigenvalue weighted by Gasteiger charge is -2.17. The zero-order chi connectivity index (χ0) is 13.2. The van der Waals surface area contributed by atoms with Gasteiger partial charge in [0.15, 0.2) is 0 Å². The lowest BCUT2D eigenvalue weighted by molar-refractivity contribution is 0.0424. The minimum atomic E-state index is -3.07. The van der Waals surface area contributed by atoms with Gasteiger partial charge in [0.25, 0.3) is 5.92 Å². The largest absolute Gasteiger partial charge is 0.481 e. The van der Waals surface area contributed by atoms with Gasteiger partial charge in [-0.2, -0.15) is 8.78 Å². The summed E-state index contributed by atoms with van der Waals surface area (Å²) in [5.74, 6) is -2.90. The first-order chi connectivity index (χ1) is 8.54. The highest BCUT2D eigenvalue weighted by atomic mass is 79.9. The summed E-state index contributed by atoms with van der Waals surface area (Å²) in [5, 5.41) is 0. The van der Waals surface area contributed by atoms with E-state index in [9.17, 15) is 8.78 Å². The van der Waals surface area contributed by atoms with Crippen molar-refractivity contribution < 1.29 is 13.5 Å². The van der Waals surface area contributed by atoms with Gasteiger partial charge in [-0.05, 0) is 18.2 Å². The number of hydrogen-bond acceptors (Lipinski definition) is 2. The van der Waals surface area contributed by atoms with Crippen molar-refractivity contribution in [1.82, 2.24) is 4.98 Å². The number of alkyl halides is 2. The number of hydrogen-bond donors (Lipinski definition) is 0. The van der Waals surface area contributed by atoms with Gasteiger partial charge in [0.2, 0.25) is 5.88 Å². The SMILES string of the molecule is COc1cc(C(F)(F)c2ccc(Br)cc2)ccn1. The maximum absolute atomic E-state index is 14.2. The smallest absolute Gasteiger partial charge is 0.298 e. The van der Waals surface area contributed by atoms with Gasteiger partial charge in [0.1, 0.15) is 0 Å². The van der Waals surface area contributed by atoms with Gasteiger partial charge in [-0.1, -0.05) is 28.1 Å². The number of aromatic nitrogens is 1. The predicted octanol–water partition coefficient (Wildman–Crippen LogP) is 3.99. The molecule has 0 amide bonds. The van der Waals surface area contributed by atoms with Gasteiger partial charge in [-0.25, -0.2) is 4.98 Å². The van der Waals surface area contributed by atoms with Gasteiger partial charge >= 0.3 is 0 Å². The summed E-state index contributed by atoms with van der Waals surface area (Å²) in [6, 6.07) is 8.46. The van der Waals surface area contributed by atoms with Gasteiger partial charge in [0.05, 0.1) is 7.11 Å². The van der Waals surface area contributed by atoms with E-state index >= 15 is 0 Å². The fourth-order valence-electron chi connectivity index (χ4n) is 1.54. The van der Waals surface area contributed by atoms with E-state index in [1.165, 1.54) is 37.6 Å². The molecule has 2 rings (SSSR count). The van der Waals surface area contributed by atoms with Crippen molar-refractivity contribution in [2.75, 3.05) is 7.11 Å². The Morgan fingerprint density at radius 3 is 2.39 bits per heavy atom. The van der Waals surface area contributed by atoms with E-state index in [0.29, 0.717) is 0 Å². The van der Waals surface area contributed by atoms with Crippen LogP contribution in [-0.4, -0.2) is 12.1 Å². The Bertz CT molecular complexity index is 543. The molecule has 0 radical (unpaired) electrons. The van der Waals surface area contributed by atoms with Crippen molar-refractivity contribution in [2.24, 2.45) is 0 Å². The summed E-state index contributed by atoms with van der Waals surface area (Å²) in [6.45, 7) is 0. The summed E-state index contributed by atoms with van der Waals surface area (Å²) in [5.41, 5.74) is -0.212. The van der Waals surface area contributed by atoms with Crippen LogP contribution in [0.15, 0.2) is 47.1 Å². The van der Waals surface area contributed by atoms with Crippen molar-refractivity contribution in [2.45, 2.75) is 5.92 Å². The molecule has 0 spiro atoms. The second-order valence-electron chi connectivity index (χ2n) is 3.67. The van der Waals surface area contributed by atoms with Crippen LogP contribution < -0.4 is 4.74 Å². The van der Waals surface area contributed by atoms with E-state index in [1.807, 2.05) is 0 Å². The third kappa shape index (κ3) is 2.51. The van der Waals surface area contributed by atoms with Crippen molar-refractivity contribution in [3.8, 4) is 5.88 Å². The number of rotatable bonds is 3. The van der Waals surface area contributed by atoms with Crippen LogP contribution in [0.2, 0.25) is 0 Å². The molecular formula is C13H10BrF2NO. The van der Waals surface area contributed by atoms with Gasteiger partial charge in [0, 0.05) is 27.9 Å². The summed E-state index contributed by atoms with van der Waals surface area (Å²) in [6.07, 6.45) is 1.31. The van der Waals surface area contributed by atoms with E-state index < -0.39 is 5.92 Å². The van der Waals surface area contributed by atoms with E-state index in [1.54, 1.807) is 12.1 Å². The normalized spacial score (nSPS) is 11.3. The van der Waals surface area contributed by atoms with Crippen LogP contribution in [0.4, 0.5) is 8.78 Å². The van der Waals surface area contributed by atoms with E-state index in [4.69, 9.17) is 4.74 Å². The second kappa shape index (κ2) is 5.02. The highest BCUT2D eigenvalue weighted by Gasteiger charge is 2.34. The maximum Gasteiger partial charge on any atom is 0.298 e. The maximum atomic E-state index is 14.2. The third-order valence-corrected chi connectivity index (χ3v) is 3.04. The average Bonchev–Trinajstić information content (AvgIpc) is 2.39. The van der Waals surface area contributed by atoms with Gasteiger partial charge in [-0.15, -0.1) is 0 Å². The lowest BCUT2D eigenvalue weighted by atomic mass is 10.0. The summed E-state index contributed by atoms with van der Waals surface area (Å²) >= 11 is 3.22. The Morgan fingerprint density at radius 2 is 1.78 bits per heavy atom. The Kier molecular flexibility index (Phi) is 3.61. The highest BCUT2D eigenvalue weighted by Crippen LogP contribution is 2.36. The number of pyridine rings is 1. The zero-order valence-electron chi connectivity index (χ0n) is 9.53. The van der Waals surface area contributed by atoms with E-state index in [-0.39, 0.29) is 17.0 Å². The molecule has 2 aromatic rings. The number of ether oxygens (including phenoxy) is 1. The van der Waals surface area contributed by atoms with Crippen molar-refractivity contribution in [1.29, 1.82) is 0 Å². The minimum Gasteiger partial charge on any atom is -0.481 e. The third-order valence-electron chi connectivity index (χ3n) is 2.51. The molecule has 0 fully saturated rings. The van der Waals surface area contributed by atoms with E-state index in [0.717, 1.165) is 4.47 Å². The molecule has 0 aliphatic carbocycles. The number of methoxy groups -OCH3 is 1. The van der Waals surface area contributed by atoms with Crippen LogP contribution in [0.25, 0.3) is 0 Å². The van der Waals surface area contributed by atoms with Crippen LogP contribution in [0, 0.1) is 0 Å². The second-order valence-corrected chi connectivity index (χ2v) is 4.58. The molecule has 2 nitrogen and oxygen atoms in total. The fourth-order valence-corrected chi connectivity index (χ4v) is 1.81. The van der Waals surface area contributed by atoms with Crippen LogP contribution in [-0.2, 0) is 5.92 Å². The van der Waals surface area contributed by atoms with Crippen LogP contribution in [0.5, 0.6) is 5.88 Å². The first-order valence-corrected chi connectivity index (χ1v) is 5.97. The van der Waals surface area contributed by atoms with Gasteiger partial charge in [-0.3, -0.25) is 0 Å². The molecule has 0 aliphatic heterocycles. The number of benzene rings is 1. The fraction of sp³-hybridized carbons (Fsp3) is 0.154. The molecule has 1 aromatic heterocycles. The topological polar surface area (TPSA) is 22.1 Å². The number of halogens is 3. The summed E-state index contributed by atoms with van der Waals surface area (Å²) in [4.78, 5) is 3.82. The molecule has 0 unspecified atom stereocenters. The molecule has 0 saturated carbocycles. The molecule has 0 atom stereocenters. The molecule has 0 saturated heterocycles. The van der Waals surface area contributed by atoms with E-state index in [2.05, 4.69) is 20.9 Å². The molecule has 0 aliphatic rings. The van der Waals surface area contributed by atoms with Crippen molar-refractivity contribution >= 4 is 15.9 Å². The minimum absolute atomic E-state index is 0.0704. The summed E-state index contributed by atoms with van der Waals surface area (Å²) in [7, 11) is 1.39. The highest BCUT2D eigenvalue weighted by molar-refractivity contribution is 9.10. The monoisotopic (exact) mass is 313 g/mol. The molecule has 0 N–H and O–H groups in total. The predicted molar refractivity (Wildman–Crippen MR) is 67.9 cm³/mol. The lowest BCUT2D eigenvalue weighted by Crippen LogP contribution is -2.15. The quantitative estimate of drug-likeness (QED) is 0.854. The summed E-state index contributed by atoms with van der Waals surface area (Å²) < 4.78 is 34.1. The average molecular weight is 314 g/mol. The molecule has 0 bridgehead atoms. The Hall–Kier alpha value is -1.49. The number of nitrogens with zero attached hydrogens (tertiary/aromatic N) is 1. The first kappa shape index (κ1) is 13.0. The Balaban J connectivity index is 2.43. The van der Waals surface area contributed by atoms with Crippen LogP contribution in [0.3, 0.4) is 0 Å². The zero-order valence-corrected chi connectivity index (χ0v) is 11.1. The standard InChI is InChI=1S/C13H10BrF2NO/c1-18-12-8-10(6-7-17-12)13(15,16)9-2-4-11(14)5-3-9/h2-8H,1H3. The van der Waals surface area contributed by atoms with Crippen LogP contribution >= 0.6 is 15.9 Å². The molecule has 18 heavy (non-hydrogen) atoms. The first-order valence-electron chi connectivity index (χ1n) is 5.18. The van der Waals surface area contributed by atoms with Crippen molar-refractivity contribution in [3.05, 3.63) is 58.2 Å². The molecule has 1 aromatic carbocycles. The molecule has 94 valence electrons.